The van der Waals surface area contributed by atoms with Gasteiger partial charge in [-0.25, -0.2) is 0 Å². The van der Waals surface area contributed by atoms with Crippen molar-refractivity contribution in [1.82, 2.24) is 5.32 Å². The van der Waals surface area contributed by atoms with Crippen LogP contribution in [-0.4, -0.2) is 13.1 Å². The molecule has 0 saturated heterocycles. The summed E-state index contributed by atoms with van der Waals surface area (Å²) >= 11 is 11.2. The average molecular weight is 242 g/mol. The Labute approximate surface area is 100 Å². The number of hydrogen-bond acceptors (Lipinski definition) is 1. The molecule has 0 amide bonds. The van der Waals surface area contributed by atoms with Gasteiger partial charge in [0.25, 0.3) is 0 Å². The number of fused-ring (bicyclic) bond motifs is 1. The lowest BCUT2D eigenvalue weighted by molar-refractivity contribution is 0.554. The van der Waals surface area contributed by atoms with Crippen molar-refractivity contribution in [3.63, 3.8) is 0 Å². The van der Waals surface area contributed by atoms with E-state index in [0.29, 0.717) is 17.5 Å². The Morgan fingerprint density at radius 2 is 2.27 bits per heavy atom. The molecule has 0 radical (unpaired) electrons. The molecule has 0 aromatic heterocycles. The summed E-state index contributed by atoms with van der Waals surface area (Å²) in [7, 11) is 0. The van der Waals surface area contributed by atoms with E-state index in [2.05, 4.69) is 29.6 Å². The molecular weight excluding hydrogens is 229 g/mol. The van der Waals surface area contributed by atoms with E-state index in [1.54, 1.807) is 0 Å². The molecule has 1 aliphatic rings. The zero-order valence-electron chi connectivity index (χ0n) is 8.34. The van der Waals surface area contributed by atoms with Gasteiger partial charge in [0.1, 0.15) is 0 Å². The van der Waals surface area contributed by atoms with Gasteiger partial charge in [0.05, 0.1) is 0 Å². The Morgan fingerprint density at radius 3 is 3.00 bits per heavy atom. The Balaban J connectivity index is 1.80. The maximum absolute atomic E-state index is 5.78. The fourth-order valence-corrected chi connectivity index (χ4v) is 2.12. The van der Waals surface area contributed by atoms with Gasteiger partial charge in [-0.1, -0.05) is 47.5 Å². The minimum absolute atomic E-state index is 0.640. The van der Waals surface area contributed by atoms with Gasteiger partial charge in [0, 0.05) is 29.6 Å². The summed E-state index contributed by atoms with van der Waals surface area (Å²) in [4.78, 5) is 0. The van der Waals surface area contributed by atoms with Crippen molar-refractivity contribution in [1.29, 1.82) is 0 Å². The fourth-order valence-electron chi connectivity index (χ4n) is 1.95. The van der Waals surface area contributed by atoms with Crippen LogP contribution < -0.4 is 5.32 Å². The highest BCUT2D eigenvalue weighted by Gasteiger charge is 2.24. The highest BCUT2D eigenvalue weighted by atomic mass is 35.5. The highest BCUT2D eigenvalue weighted by molar-refractivity contribution is 6.36. The van der Waals surface area contributed by atoms with Crippen molar-refractivity contribution in [2.45, 2.75) is 12.3 Å². The van der Waals surface area contributed by atoms with Gasteiger partial charge >= 0.3 is 0 Å². The third-order valence-corrected chi connectivity index (χ3v) is 3.38. The Kier molecular flexibility index (Phi) is 3.68. The van der Waals surface area contributed by atoms with Gasteiger partial charge in [0.15, 0.2) is 0 Å². The van der Waals surface area contributed by atoms with Crippen LogP contribution in [-0.2, 0) is 6.42 Å². The number of nitrogens with one attached hydrogen (secondary N) is 1. The average Bonchev–Trinajstić information content (AvgIpc) is 2.24. The maximum atomic E-state index is 5.78. The predicted molar refractivity (Wildman–Crippen MR) is 65.5 cm³/mol. The van der Waals surface area contributed by atoms with E-state index in [0.717, 1.165) is 6.54 Å². The molecule has 1 aromatic carbocycles. The fraction of sp³-hybridized carbons (Fsp3) is 0.333. The summed E-state index contributed by atoms with van der Waals surface area (Å²) in [5.74, 6) is 0.640. The van der Waals surface area contributed by atoms with Crippen LogP contribution in [0.2, 0.25) is 0 Å². The number of benzene rings is 1. The molecular formula is C12H13Cl2N. The standard InChI is InChI=1S/C12H13Cl2N/c13-6-11(14)8-15-7-10-5-9-3-1-2-4-12(9)10/h1-4,6,10,15H,5,7-8H2. The molecule has 1 aromatic rings. The molecule has 3 heteroatoms. The van der Waals surface area contributed by atoms with Crippen molar-refractivity contribution < 1.29 is 0 Å². The molecule has 1 aliphatic carbocycles. The Bertz CT molecular complexity index is 374. The van der Waals surface area contributed by atoms with Crippen molar-refractivity contribution >= 4 is 23.2 Å². The van der Waals surface area contributed by atoms with Gasteiger partial charge < -0.3 is 5.32 Å². The molecule has 0 spiro atoms. The summed E-state index contributed by atoms with van der Waals surface area (Å²) in [5, 5.41) is 3.95. The molecule has 0 aliphatic heterocycles. The molecule has 1 N–H and O–H groups in total. The monoisotopic (exact) mass is 241 g/mol. The molecule has 2 rings (SSSR count). The minimum Gasteiger partial charge on any atom is -0.311 e. The number of rotatable bonds is 4. The second-order valence-electron chi connectivity index (χ2n) is 3.79. The molecule has 80 valence electrons. The van der Waals surface area contributed by atoms with Gasteiger partial charge in [-0.15, -0.1) is 0 Å². The summed E-state index contributed by atoms with van der Waals surface area (Å²) in [6, 6.07) is 8.58. The minimum atomic E-state index is 0.640. The Morgan fingerprint density at radius 1 is 1.47 bits per heavy atom. The topological polar surface area (TPSA) is 12.0 Å². The van der Waals surface area contributed by atoms with E-state index in [-0.39, 0.29) is 0 Å². The predicted octanol–water partition coefficient (Wildman–Crippen LogP) is 3.23. The molecule has 15 heavy (non-hydrogen) atoms. The van der Waals surface area contributed by atoms with Crippen LogP contribution in [0.1, 0.15) is 17.0 Å². The van der Waals surface area contributed by atoms with Crippen LogP contribution in [0, 0.1) is 0 Å². The lowest BCUT2D eigenvalue weighted by Crippen LogP contribution is -2.29. The van der Waals surface area contributed by atoms with E-state index < -0.39 is 0 Å². The summed E-state index contributed by atoms with van der Waals surface area (Å²) in [6.45, 7) is 1.63. The first kappa shape index (κ1) is 11.0. The van der Waals surface area contributed by atoms with Crippen LogP contribution in [0.25, 0.3) is 0 Å². The van der Waals surface area contributed by atoms with E-state index >= 15 is 0 Å². The maximum Gasteiger partial charge on any atom is 0.0431 e. The van der Waals surface area contributed by atoms with Crippen molar-refractivity contribution in [3.8, 4) is 0 Å². The van der Waals surface area contributed by atoms with Gasteiger partial charge in [-0.05, 0) is 17.5 Å². The van der Waals surface area contributed by atoms with E-state index in [1.165, 1.54) is 23.1 Å². The SMILES string of the molecule is ClC=C(Cl)CNCC1Cc2ccccc21. The zero-order valence-corrected chi connectivity index (χ0v) is 9.85. The lowest BCUT2D eigenvalue weighted by Gasteiger charge is -2.30. The second-order valence-corrected chi connectivity index (χ2v) is 4.49. The van der Waals surface area contributed by atoms with E-state index in [9.17, 15) is 0 Å². The van der Waals surface area contributed by atoms with Gasteiger partial charge in [0.2, 0.25) is 0 Å². The molecule has 0 fully saturated rings. The quantitative estimate of drug-likeness (QED) is 0.854. The van der Waals surface area contributed by atoms with Crippen molar-refractivity contribution in [2.24, 2.45) is 0 Å². The van der Waals surface area contributed by atoms with Crippen molar-refractivity contribution in [3.05, 3.63) is 46.0 Å². The highest BCUT2D eigenvalue weighted by Crippen LogP contribution is 2.33. The Hall–Kier alpha value is -0.500. The van der Waals surface area contributed by atoms with Crippen LogP contribution in [0.3, 0.4) is 0 Å². The van der Waals surface area contributed by atoms with Crippen LogP contribution in [0.15, 0.2) is 34.8 Å². The molecule has 0 saturated carbocycles. The summed E-state index contributed by atoms with van der Waals surface area (Å²) in [5.41, 5.74) is 4.35. The first-order valence-corrected chi connectivity index (χ1v) is 5.86. The van der Waals surface area contributed by atoms with Crippen LogP contribution in [0.5, 0.6) is 0 Å². The molecule has 1 atom stereocenters. The van der Waals surface area contributed by atoms with E-state index in [1.807, 2.05) is 0 Å². The number of halogens is 2. The molecule has 0 bridgehead atoms. The third kappa shape index (κ3) is 2.54. The molecule has 0 heterocycles. The summed E-state index contributed by atoms with van der Waals surface area (Å²) < 4.78 is 0. The molecule has 1 nitrogen and oxygen atoms in total. The zero-order chi connectivity index (χ0) is 10.7. The van der Waals surface area contributed by atoms with Crippen molar-refractivity contribution in [2.75, 3.05) is 13.1 Å². The first-order valence-electron chi connectivity index (χ1n) is 5.04. The first-order chi connectivity index (χ1) is 7.31. The lowest BCUT2D eigenvalue weighted by atomic mass is 9.78. The second kappa shape index (κ2) is 5.02. The third-order valence-electron chi connectivity index (χ3n) is 2.76. The largest absolute Gasteiger partial charge is 0.311 e. The van der Waals surface area contributed by atoms with Crippen LogP contribution >= 0.6 is 23.2 Å². The smallest absolute Gasteiger partial charge is 0.0431 e. The molecule has 1 unspecified atom stereocenters. The van der Waals surface area contributed by atoms with Gasteiger partial charge in [-0.3, -0.25) is 0 Å². The summed E-state index contributed by atoms with van der Waals surface area (Å²) in [6.07, 6.45) is 1.17. The normalized spacial score (nSPS) is 19.6. The van der Waals surface area contributed by atoms with Crippen LogP contribution in [0.4, 0.5) is 0 Å². The number of hydrogen-bond donors (Lipinski definition) is 1. The van der Waals surface area contributed by atoms with E-state index in [4.69, 9.17) is 23.2 Å². The van der Waals surface area contributed by atoms with Gasteiger partial charge in [-0.2, -0.15) is 0 Å².